The van der Waals surface area contributed by atoms with Gasteiger partial charge in [0.2, 0.25) is 0 Å². The van der Waals surface area contributed by atoms with Gasteiger partial charge in [-0.25, -0.2) is 4.79 Å². The maximum absolute atomic E-state index is 10.8. The topological polar surface area (TPSA) is 59.1 Å². The van der Waals surface area contributed by atoms with Crippen LogP contribution in [0.15, 0.2) is 24.3 Å². The number of epoxide rings is 1. The molecule has 1 saturated heterocycles. The monoisotopic (exact) mass is 376 g/mol. The SMILES string of the molecule is CCCCCCCCCCCC1OC1CCCOc1ccc(C(=O)O)cc1. The summed E-state index contributed by atoms with van der Waals surface area (Å²) in [4.78, 5) is 10.8. The van der Waals surface area contributed by atoms with Crippen LogP contribution in [0, 0.1) is 0 Å². The first-order valence-electron chi connectivity index (χ1n) is 10.8. The third kappa shape index (κ3) is 9.28. The van der Waals surface area contributed by atoms with Crippen molar-refractivity contribution in [3.05, 3.63) is 29.8 Å². The summed E-state index contributed by atoms with van der Waals surface area (Å²) in [5, 5.41) is 8.87. The van der Waals surface area contributed by atoms with Crippen LogP contribution in [0.4, 0.5) is 0 Å². The Kier molecular flexibility index (Phi) is 10.3. The lowest BCUT2D eigenvalue weighted by molar-refractivity contribution is 0.0697. The Morgan fingerprint density at radius 3 is 2.04 bits per heavy atom. The van der Waals surface area contributed by atoms with Crippen molar-refractivity contribution in [1.29, 1.82) is 0 Å². The number of ether oxygens (including phenoxy) is 2. The lowest BCUT2D eigenvalue weighted by atomic mass is 10.0. The van der Waals surface area contributed by atoms with Crippen molar-refractivity contribution in [1.82, 2.24) is 0 Å². The Labute approximate surface area is 164 Å². The fourth-order valence-corrected chi connectivity index (χ4v) is 3.51. The number of carboxylic acids is 1. The summed E-state index contributed by atoms with van der Waals surface area (Å²) >= 11 is 0. The van der Waals surface area contributed by atoms with Gasteiger partial charge in [-0.05, 0) is 43.5 Å². The molecule has 1 aromatic rings. The molecule has 0 aromatic heterocycles. The standard InChI is InChI=1S/C23H36O4/c1-2-3-4-5-6-7-8-9-10-12-21-22(27-21)13-11-18-26-20-16-14-19(15-17-20)23(24)25/h14-17,21-22H,2-13,18H2,1H3,(H,24,25). The first kappa shape index (κ1) is 21.7. The zero-order valence-electron chi connectivity index (χ0n) is 16.8. The van der Waals surface area contributed by atoms with E-state index >= 15 is 0 Å². The zero-order chi connectivity index (χ0) is 19.3. The van der Waals surface area contributed by atoms with Crippen molar-refractivity contribution in [2.75, 3.05) is 6.61 Å². The van der Waals surface area contributed by atoms with E-state index in [1.165, 1.54) is 64.2 Å². The number of rotatable bonds is 16. The second-order valence-corrected chi connectivity index (χ2v) is 7.65. The molecule has 0 aliphatic carbocycles. The summed E-state index contributed by atoms with van der Waals surface area (Å²) in [6, 6.07) is 6.57. The smallest absolute Gasteiger partial charge is 0.335 e. The molecule has 0 amide bonds. The average molecular weight is 377 g/mol. The van der Waals surface area contributed by atoms with Crippen molar-refractivity contribution < 1.29 is 19.4 Å². The number of hydrogen-bond donors (Lipinski definition) is 1. The summed E-state index contributed by atoms with van der Waals surface area (Å²) in [5.41, 5.74) is 0.285. The quantitative estimate of drug-likeness (QED) is 0.274. The highest BCUT2D eigenvalue weighted by Crippen LogP contribution is 2.31. The Morgan fingerprint density at radius 2 is 1.44 bits per heavy atom. The van der Waals surface area contributed by atoms with Crippen LogP contribution in [0.2, 0.25) is 0 Å². The fourth-order valence-electron chi connectivity index (χ4n) is 3.51. The summed E-state index contributed by atoms with van der Waals surface area (Å²) < 4.78 is 11.4. The van der Waals surface area contributed by atoms with Gasteiger partial charge in [0, 0.05) is 0 Å². The van der Waals surface area contributed by atoms with Crippen LogP contribution < -0.4 is 4.74 Å². The van der Waals surface area contributed by atoms with Crippen molar-refractivity contribution in [2.45, 2.75) is 96.2 Å². The molecular weight excluding hydrogens is 340 g/mol. The lowest BCUT2D eigenvalue weighted by Crippen LogP contribution is -2.02. The first-order valence-corrected chi connectivity index (χ1v) is 10.8. The van der Waals surface area contributed by atoms with Crippen LogP contribution in [-0.4, -0.2) is 29.9 Å². The van der Waals surface area contributed by atoms with Crippen LogP contribution in [0.1, 0.15) is 94.3 Å². The molecule has 2 atom stereocenters. The van der Waals surface area contributed by atoms with Gasteiger partial charge in [-0.1, -0.05) is 64.7 Å². The van der Waals surface area contributed by atoms with Crippen LogP contribution in [-0.2, 0) is 4.74 Å². The van der Waals surface area contributed by atoms with E-state index in [0.717, 1.165) is 18.6 Å². The molecule has 4 nitrogen and oxygen atoms in total. The average Bonchev–Trinajstić information content (AvgIpc) is 3.42. The second-order valence-electron chi connectivity index (χ2n) is 7.65. The number of benzene rings is 1. The molecular formula is C23H36O4. The zero-order valence-corrected chi connectivity index (χ0v) is 16.8. The van der Waals surface area contributed by atoms with Gasteiger partial charge in [0.25, 0.3) is 0 Å². The highest BCUT2D eigenvalue weighted by Gasteiger charge is 2.36. The maximum Gasteiger partial charge on any atom is 0.335 e. The Bertz CT molecular complexity index is 526. The molecule has 4 heteroatoms. The second kappa shape index (κ2) is 12.8. The van der Waals surface area contributed by atoms with Crippen molar-refractivity contribution in [3.63, 3.8) is 0 Å². The van der Waals surface area contributed by atoms with Crippen molar-refractivity contribution in [3.8, 4) is 5.75 Å². The Balaban J connectivity index is 1.39. The van der Waals surface area contributed by atoms with Crippen LogP contribution in [0.5, 0.6) is 5.75 Å². The molecule has 2 rings (SSSR count). The van der Waals surface area contributed by atoms with E-state index in [1.54, 1.807) is 24.3 Å². The van der Waals surface area contributed by atoms with Crippen LogP contribution in [0.3, 0.4) is 0 Å². The molecule has 1 fully saturated rings. The summed E-state index contributed by atoms with van der Waals surface area (Å²) in [5.74, 6) is -0.187. The highest BCUT2D eigenvalue weighted by atomic mass is 16.6. The summed E-state index contributed by atoms with van der Waals surface area (Å²) in [6.07, 6.45) is 16.5. The normalized spacial score (nSPS) is 18.4. The third-order valence-electron chi connectivity index (χ3n) is 5.28. The van der Waals surface area contributed by atoms with Gasteiger partial charge in [-0.15, -0.1) is 0 Å². The minimum atomic E-state index is -0.912. The molecule has 1 aromatic carbocycles. The minimum Gasteiger partial charge on any atom is -0.494 e. The van der Waals surface area contributed by atoms with E-state index in [4.69, 9.17) is 14.6 Å². The number of aromatic carboxylic acids is 1. The van der Waals surface area contributed by atoms with Gasteiger partial charge in [-0.3, -0.25) is 0 Å². The molecule has 152 valence electrons. The van der Waals surface area contributed by atoms with Crippen molar-refractivity contribution >= 4 is 5.97 Å². The van der Waals surface area contributed by atoms with E-state index in [0.29, 0.717) is 18.8 Å². The van der Waals surface area contributed by atoms with E-state index < -0.39 is 5.97 Å². The Morgan fingerprint density at radius 1 is 0.889 bits per heavy atom. The number of hydrogen-bond acceptors (Lipinski definition) is 3. The van der Waals surface area contributed by atoms with E-state index in [2.05, 4.69) is 6.92 Å². The molecule has 1 N–H and O–H groups in total. The van der Waals surface area contributed by atoms with Gasteiger partial charge in [0.05, 0.1) is 24.4 Å². The molecule has 0 bridgehead atoms. The van der Waals surface area contributed by atoms with Crippen LogP contribution >= 0.6 is 0 Å². The number of carbonyl (C=O) groups is 1. The van der Waals surface area contributed by atoms with Gasteiger partial charge in [0.15, 0.2) is 0 Å². The van der Waals surface area contributed by atoms with E-state index in [-0.39, 0.29) is 5.56 Å². The van der Waals surface area contributed by atoms with Gasteiger partial charge in [-0.2, -0.15) is 0 Å². The van der Waals surface area contributed by atoms with E-state index in [1.807, 2.05) is 0 Å². The highest BCUT2D eigenvalue weighted by molar-refractivity contribution is 5.87. The number of unbranched alkanes of at least 4 members (excludes halogenated alkanes) is 8. The predicted octanol–water partition coefficient (Wildman–Crippen LogP) is 6.23. The predicted molar refractivity (Wildman–Crippen MR) is 109 cm³/mol. The molecule has 0 radical (unpaired) electrons. The first-order chi connectivity index (χ1) is 13.2. The molecule has 0 spiro atoms. The molecule has 2 unspecified atom stereocenters. The van der Waals surface area contributed by atoms with E-state index in [9.17, 15) is 4.79 Å². The molecule has 1 aliphatic heterocycles. The molecule has 1 aliphatic rings. The largest absolute Gasteiger partial charge is 0.494 e. The van der Waals surface area contributed by atoms with Crippen LogP contribution in [0.25, 0.3) is 0 Å². The molecule has 1 heterocycles. The molecule has 27 heavy (non-hydrogen) atoms. The summed E-state index contributed by atoms with van der Waals surface area (Å²) in [6.45, 7) is 2.92. The number of carboxylic acid groups (broad SMARTS) is 1. The third-order valence-corrected chi connectivity index (χ3v) is 5.28. The van der Waals surface area contributed by atoms with Gasteiger partial charge in [0.1, 0.15) is 5.75 Å². The van der Waals surface area contributed by atoms with Gasteiger partial charge >= 0.3 is 5.97 Å². The van der Waals surface area contributed by atoms with Crippen molar-refractivity contribution in [2.24, 2.45) is 0 Å². The minimum absolute atomic E-state index is 0.285. The van der Waals surface area contributed by atoms with Gasteiger partial charge < -0.3 is 14.6 Å². The molecule has 0 saturated carbocycles. The lowest BCUT2D eigenvalue weighted by Gasteiger charge is -2.05. The maximum atomic E-state index is 10.8. The summed E-state index contributed by atoms with van der Waals surface area (Å²) in [7, 11) is 0. The fraction of sp³-hybridized carbons (Fsp3) is 0.696. The Hall–Kier alpha value is -1.55.